The van der Waals surface area contributed by atoms with Gasteiger partial charge >= 0.3 is 5.63 Å². The van der Waals surface area contributed by atoms with Gasteiger partial charge in [-0.3, -0.25) is 9.59 Å². The van der Waals surface area contributed by atoms with Crippen LogP contribution in [0.15, 0.2) is 75.9 Å². The Hall–Kier alpha value is -3.33. The van der Waals surface area contributed by atoms with Crippen LogP contribution < -0.4 is 10.5 Å². The zero-order chi connectivity index (χ0) is 20.1. The molecule has 0 atom stereocenters. The van der Waals surface area contributed by atoms with Crippen molar-refractivity contribution in [3.63, 3.8) is 0 Å². The van der Waals surface area contributed by atoms with E-state index in [0.717, 1.165) is 8.47 Å². The molecule has 0 aliphatic carbocycles. The monoisotopic (exact) mass is 494 g/mol. The number of fused-ring (bicyclic) bond motifs is 2. The average Bonchev–Trinajstić information content (AvgIpc) is 2.98. The fourth-order valence-corrected chi connectivity index (χ4v) is 3.89. The molecule has 6 nitrogen and oxygen atoms in total. The minimum atomic E-state index is -0.506. The van der Waals surface area contributed by atoms with Crippen LogP contribution in [0.3, 0.4) is 0 Å². The molecule has 0 saturated heterocycles. The van der Waals surface area contributed by atoms with Crippen LogP contribution >= 0.6 is 22.6 Å². The van der Waals surface area contributed by atoms with Gasteiger partial charge in [-0.15, -0.1) is 0 Å². The molecule has 1 aromatic heterocycles. The van der Waals surface area contributed by atoms with Crippen LogP contribution in [-0.4, -0.2) is 16.8 Å². The Labute approximate surface area is 177 Å². The second-order valence-corrected chi connectivity index (χ2v) is 7.76. The Morgan fingerprint density at radius 1 is 0.828 bits per heavy atom. The number of rotatable bonds is 2. The highest BCUT2D eigenvalue weighted by atomic mass is 127. The van der Waals surface area contributed by atoms with Crippen molar-refractivity contribution in [2.24, 2.45) is 0 Å². The summed E-state index contributed by atoms with van der Waals surface area (Å²) in [5.74, 6) is -0.701. The van der Waals surface area contributed by atoms with E-state index in [2.05, 4.69) is 27.6 Å². The first-order valence-corrected chi connectivity index (χ1v) is 9.79. The van der Waals surface area contributed by atoms with E-state index in [9.17, 15) is 14.4 Å². The van der Waals surface area contributed by atoms with Gasteiger partial charge in [-0.05, 0) is 71.1 Å². The molecule has 1 aliphatic heterocycles. The summed E-state index contributed by atoms with van der Waals surface area (Å²) in [4.78, 5) is 43.6. The number of amides is 2. The first-order chi connectivity index (χ1) is 14.0. The fourth-order valence-electron chi connectivity index (χ4n) is 3.37. The van der Waals surface area contributed by atoms with Crippen molar-refractivity contribution in [2.75, 3.05) is 4.90 Å². The molecule has 29 heavy (non-hydrogen) atoms. The summed E-state index contributed by atoms with van der Waals surface area (Å²) in [5.41, 5.74) is 1.53. The van der Waals surface area contributed by atoms with Gasteiger partial charge in [0.2, 0.25) is 5.89 Å². The van der Waals surface area contributed by atoms with E-state index in [-0.39, 0.29) is 17.4 Å². The van der Waals surface area contributed by atoms with Gasteiger partial charge in [0.1, 0.15) is 0 Å². The lowest BCUT2D eigenvalue weighted by molar-refractivity contribution is 0.0926. The Kier molecular flexibility index (Phi) is 4.06. The van der Waals surface area contributed by atoms with Crippen molar-refractivity contribution in [1.29, 1.82) is 0 Å². The lowest BCUT2D eigenvalue weighted by atomic mass is 10.1. The second kappa shape index (κ2) is 6.63. The molecule has 0 fully saturated rings. The van der Waals surface area contributed by atoms with E-state index in [1.165, 1.54) is 0 Å². The summed E-state index contributed by atoms with van der Waals surface area (Å²) in [6.45, 7) is 0. The van der Waals surface area contributed by atoms with Crippen LogP contribution in [0.5, 0.6) is 0 Å². The highest BCUT2D eigenvalue weighted by molar-refractivity contribution is 14.1. The van der Waals surface area contributed by atoms with E-state index < -0.39 is 11.5 Å². The van der Waals surface area contributed by atoms with Crippen molar-refractivity contribution < 1.29 is 14.0 Å². The first kappa shape index (κ1) is 17.7. The molecule has 0 unspecified atom stereocenters. The molecule has 0 saturated carbocycles. The number of benzene rings is 3. The zero-order valence-corrected chi connectivity index (χ0v) is 16.9. The summed E-state index contributed by atoms with van der Waals surface area (Å²) in [5, 5.41) is 0.383. The van der Waals surface area contributed by atoms with E-state index in [4.69, 9.17) is 4.42 Å². The number of carbonyl (C=O) groups is 2. The van der Waals surface area contributed by atoms with Gasteiger partial charge in [0.25, 0.3) is 11.8 Å². The Morgan fingerprint density at radius 3 is 2.45 bits per heavy atom. The molecule has 0 spiro atoms. The van der Waals surface area contributed by atoms with Crippen molar-refractivity contribution >= 4 is 51.0 Å². The van der Waals surface area contributed by atoms with Crippen LogP contribution in [0.25, 0.3) is 22.4 Å². The lowest BCUT2D eigenvalue weighted by Gasteiger charge is -2.13. The molecule has 5 rings (SSSR count). The molecular weight excluding hydrogens is 483 g/mol. The number of hydrogen-bond donors (Lipinski definition) is 0. The number of nitrogens with zero attached hydrogens (tertiary/aromatic N) is 2. The number of imide groups is 1. The van der Waals surface area contributed by atoms with Crippen LogP contribution in [0.2, 0.25) is 0 Å². The van der Waals surface area contributed by atoms with Gasteiger partial charge < -0.3 is 4.42 Å². The summed E-state index contributed by atoms with van der Waals surface area (Å²) >= 11 is 2.13. The van der Waals surface area contributed by atoms with Gasteiger partial charge in [-0.1, -0.05) is 18.2 Å². The van der Waals surface area contributed by atoms with Crippen LogP contribution in [-0.2, 0) is 0 Å². The number of aromatic nitrogens is 1. The third kappa shape index (κ3) is 2.85. The summed E-state index contributed by atoms with van der Waals surface area (Å²) < 4.78 is 6.26. The Morgan fingerprint density at radius 2 is 1.62 bits per heavy atom. The molecule has 7 heteroatoms. The third-order valence-corrected chi connectivity index (χ3v) is 5.41. The number of halogens is 1. The molecule has 1 aliphatic rings. The third-order valence-electron chi connectivity index (χ3n) is 4.74. The molecule has 2 amide bonds. The number of carbonyl (C=O) groups excluding carboxylic acids is 2. The summed E-state index contributed by atoms with van der Waals surface area (Å²) in [6, 6.07) is 18.8. The average molecular weight is 494 g/mol. The minimum absolute atomic E-state index is 0.101. The molecule has 140 valence electrons. The van der Waals surface area contributed by atoms with Gasteiger partial charge in [0.15, 0.2) is 0 Å². The number of anilines is 1. The van der Waals surface area contributed by atoms with Gasteiger partial charge in [0, 0.05) is 9.13 Å². The topological polar surface area (TPSA) is 80.5 Å². The molecule has 4 aromatic rings. The maximum absolute atomic E-state index is 13.0. The SMILES string of the molecule is O=C1c2ccc(-c3nc4ccccc4c(=O)o3)cc2C(=O)N1c1cccc(I)c1. The highest BCUT2D eigenvalue weighted by Crippen LogP contribution is 2.32. The second-order valence-electron chi connectivity index (χ2n) is 6.51. The smallest absolute Gasteiger partial charge is 0.347 e. The lowest BCUT2D eigenvalue weighted by Crippen LogP contribution is -2.29. The zero-order valence-electron chi connectivity index (χ0n) is 14.8. The molecular formula is C22H11IN2O4. The van der Waals surface area contributed by atoms with Crippen LogP contribution in [0, 0.1) is 3.57 Å². The van der Waals surface area contributed by atoms with Crippen LogP contribution in [0.4, 0.5) is 5.69 Å². The summed E-state index contributed by atoms with van der Waals surface area (Å²) in [6.07, 6.45) is 0. The van der Waals surface area contributed by atoms with E-state index in [1.54, 1.807) is 60.7 Å². The highest BCUT2D eigenvalue weighted by Gasteiger charge is 2.37. The van der Waals surface area contributed by atoms with E-state index in [0.29, 0.717) is 27.7 Å². The largest absolute Gasteiger partial charge is 0.403 e. The first-order valence-electron chi connectivity index (χ1n) is 8.71. The number of para-hydroxylation sites is 1. The van der Waals surface area contributed by atoms with E-state index in [1.807, 2.05) is 6.07 Å². The predicted octanol–water partition coefficient (Wildman–Crippen LogP) is 4.26. The Bertz CT molecular complexity index is 1390. The summed E-state index contributed by atoms with van der Waals surface area (Å²) in [7, 11) is 0. The predicted molar refractivity (Wildman–Crippen MR) is 116 cm³/mol. The fraction of sp³-hybridized carbons (Fsp3) is 0. The molecule has 2 heterocycles. The van der Waals surface area contributed by atoms with Crippen molar-refractivity contribution in [1.82, 2.24) is 4.98 Å². The van der Waals surface area contributed by atoms with Crippen molar-refractivity contribution in [3.8, 4) is 11.5 Å². The van der Waals surface area contributed by atoms with Gasteiger partial charge in [0.05, 0.1) is 27.7 Å². The normalized spacial score (nSPS) is 13.2. The van der Waals surface area contributed by atoms with Gasteiger partial charge in [-0.25, -0.2) is 14.7 Å². The molecule has 0 radical (unpaired) electrons. The number of hydrogen-bond acceptors (Lipinski definition) is 5. The Balaban J connectivity index is 1.61. The maximum Gasteiger partial charge on any atom is 0.347 e. The maximum atomic E-state index is 13.0. The molecule has 0 N–H and O–H groups in total. The van der Waals surface area contributed by atoms with Crippen molar-refractivity contribution in [2.45, 2.75) is 0 Å². The standard InChI is InChI=1S/C22H11IN2O4/c23-13-4-3-5-14(11-13)25-20(26)15-9-8-12(10-17(15)21(25)27)19-24-18-7-2-1-6-16(18)22(28)29-19/h1-11H. The molecule has 3 aromatic carbocycles. The molecule has 0 bridgehead atoms. The van der Waals surface area contributed by atoms with E-state index >= 15 is 0 Å². The van der Waals surface area contributed by atoms with Crippen molar-refractivity contribution in [3.05, 3.63) is 91.8 Å². The van der Waals surface area contributed by atoms with Gasteiger partial charge in [-0.2, -0.15) is 0 Å². The minimum Gasteiger partial charge on any atom is -0.403 e. The van der Waals surface area contributed by atoms with Crippen LogP contribution in [0.1, 0.15) is 20.7 Å². The quantitative estimate of drug-likeness (QED) is 0.308.